The number of aliphatic hydroxyl groups is 1. The SMILES string of the molecule is CCC(CC)N(CCO)c1cccc(S(N)(=O)=O)c1N. The molecule has 0 spiro atoms. The van der Waals surface area contributed by atoms with Gasteiger partial charge in [-0.15, -0.1) is 0 Å². The van der Waals surface area contributed by atoms with Gasteiger partial charge in [0.1, 0.15) is 4.90 Å². The van der Waals surface area contributed by atoms with E-state index < -0.39 is 10.0 Å². The summed E-state index contributed by atoms with van der Waals surface area (Å²) in [5, 5.41) is 14.4. The minimum absolute atomic E-state index is 0.0322. The number of para-hydroxylation sites is 1. The highest BCUT2D eigenvalue weighted by Gasteiger charge is 2.21. The van der Waals surface area contributed by atoms with Crippen LogP contribution in [0.5, 0.6) is 0 Å². The summed E-state index contributed by atoms with van der Waals surface area (Å²) >= 11 is 0. The van der Waals surface area contributed by atoms with E-state index in [1.54, 1.807) is 12.1 Å². The highest BCUT2D eigenvalue weighted by atomic mass is 32.2. The molecule has 0 bridgehead atoms. The number of nitrogen functional groups attached to an aromatic ring is 1. The molecule has 0 aromatic heterocycles. The van der Waals surface area contributed by atoms with Gasteiger partial charge in [-0.05, 0) is 25.0 Å². The van der Waals surface area contributed by atoms with Crippen LogP contribution < -0.4 is 15.8 Å². The number of benzene rings is 1. The van der Waals surface area contributed by atoms with Crippen LogP contribution in [0.3, 0.4) is 0 Å². The van der Waals surface area contributed by atoms with Gasteiger partial charge in [-0.1, -0.05) is 19.9 Å². The molecule has 20 heavy (non-hydrogen) atoms. The molecule has 0 saturated heterocycles. The van der Waals surface area contributed by atoms with E-state index in [4.69, 9.17) is 10.9 Å². The lowest BCUT2D eigenvalue weighted by molar-refractivity contribution is 0.296. The number of rotatable bonds is 7. The van der Waals surface area contributed by atoms with Crippen LogP contribution in [-0.4, -0.2) is 32.7 Å². The van der Waals surface area contributed by atoms with Crippen molar-refractivity contribution in [3.63, 3.8) is 0 Å². The largest absolute Gasteiger partial charge is 0.396 e. The highest BCUT2D eigenvalue weighted by Crippen LogP contribution is 2.31. The summed E-state index contributed by atoms with van der Waals surface area (Å²) in [5.41, 5.74) is 6.70. The Hall–Kier alpha value is -1.31. The van der Waals surface area contributed by atoms with Gasteiger partial charge in [-0.2, -0.15) is 0 Å². The van der Waals surface area contributed by atoms with Crippen molar-refractivity contribution in [1.82, 2.24) is 0 Å². The summed E-state index contributed by atoms with van der Waals surface area (Å²) in [7, 11) is -3.86. The van der Waals surface area contributed by atoms with E-state index in [2.05, 4.69) is 0 Å². The molecule has 1 rings (SSSR count). The molecule has 0 atom stereocenters. The third kappa shape index (κ3) is 3.62. The third-order valence-corrected chi connectivity index (χ3v) is 4.35. The Kier molecular flexibility index (Phi) is 5.79. The lowest BCUT2D eigenvalue weighted by Gasteiger charge is -2.33. The van der Waals surface area contributed by atoms with E-state index in [9.17, 15) is 13.5 Å². The van der Waals surface area contributed by atoms with Gasteiger partial charge < -0.3 is 15.7 Å². The van der Waals surface area contributed by atoms with Gasteiger partial charge in [0.15, 0.2) is 0 Å². The molecule has 1 aromatic rings. The third-order valence-electron chi connectivity index (χ3n) is 3.38. The molecule has 6 nitrogen and oxygen atoms in total. The Bertz CT molecular complexity index is 542. The van der Waals surface area contributed by atoms with Crippen LogP contribution >= 0.6 is 0 Å². The van der Waals surface area contributed by atoms with E-state index in [1.807, 2.05) is 18.7 Å². The fourth-order valence-electron chi connectivity index (χ4n) is 2.37. The van der Waals surface area contributed by atoms with E-state index in [-0.39, 0.29) is 23.2 Å². The smallest absolute Gasteiger partial charge is 0.240 e. The normalized spacial score (nSPS) is 11.8. The highest BCUT2D eigenvalue weighted by molar-refractivity contribution is 7.89. The van der Waals surface area contributed by atoms with Crippen molar-refractivity contribution in [3.05, 3.63) is 18.2 Å². The van der Waals surface area contributed by atoms with Crippen molar-refractivity contribution in [2.24, 2.45) is 5.14 Å². The average molecular weight is 301 g/mol. The second kappa shape index (κ2) is 6.92. The Morgan fingerprint density at radius 3 is 2.35 bits per heavy atom. The summed E-state index contributed by atoms with van der Waals surface area (Å²) in [6, 6.07) is 4.93. The molecule has 0 aliphatic rings. The minimum atomic E-state index is -3.86. The van der Waals surface area contributed by atoms with Crippen LogP contribution in [0.2, 0.25) is 0 Å². The molecule has 0 radical (unpaired) electrons. The number of sulfonamides is 1. The molecule has 5 N–H and O–H groups in total. The molecule has 7 heteroatoms. The first-order valence-corrected chi connectivity index (χ1v) is 8.20. The van der Waals surface area contributed by atoms with Crippen molar-refractivity contribution in [1.29, 1.82) is 0 Å². The number of anilines is 2. The van der Waals surface area contributed by atoms with Crippen LogP contribution in [0.15, 0.2) is 23.1 Å². The maximum atomic E-state index is 11.5. The summed E-state index contributed by atoms with van der Waals surface area (Å²) in [5.74, 6) is 0. The topological polar surface area (TPSA) is 110 Å². The van der Waals surface area contributed by atoms with E-state index in [1.165, 1.54) is 6.07 Å². The van der Waals surface area contributed by atoms with Crippen LogP contribution in [0.1, 0.15) is 26.7 Å². The maximum Gasteiger partial charge on any atom is 0.240 e. The summed E-state index contributed by atoms with van der Waals surface area (Å²) < 4.78 is 23.1. The first kappa shape index (κ1) is 16.7. The van der Waals surface area contributed by atoms with Gasteiger partial charge >= 0.3 is 0 Å². The zero-order valence-electron chi connectivity index (χ0n) is 11.9. The Morgan fingerprint density at radius 2 is 1.90 bits per heavy atom. The van der Waals surface area contributed by atoms with Gasteiger partial charge in [0.25, 0.3) is 0 Å². The number of primary sulfonamides is 1. The van der Waals surface area contributed by atoms with Crippen molar-refractivity contribution in [2.45, 2.75) is 37.6 Å². The van der Waals surface area contributed by atoms with Crippen LogP contribution in [0.25, 0.3) is 0 Å². The first-order chi connectivity index (χ1) is 9.36. The van der Waals surface area contributed by atoms with Gasteiger partial charge in [-0.3, -0.25) is 0 Å². The molecular weight excluding hydrogens is 278 g/mol. The molecule has 114 valence electrons. The molecule has 0 heterocycles. The van der Waals surface area contributed by atoms with E-state index >= 15 is 0 Å². The predicted molar refractivity (Wildman–Crippen MR) is 81.0 cm³/mol. The number of hydrogen-bond acceptors (Lipinski definition) is 5. The molecule has 0 unspecified atom stereocenters. The fourth-order valence-corrected chi connectivity index (χ4v) is 3.05. The molecular formula is C13H23N3O3S. The van der Waals surface area contributed by atoms with Crippen molar-refractivity contribution >= 4 is 21.4 Å². The minimum Gasteiger partial charge on any atom is -0.396 e. The molecule has 0 aliphatic heterocycles. The molecule has 0 aliphatic carbocycles. The quantitative estimate of drug-likeness (QED) is 0.648. The standard InChI is InChI=1S/C13H23N3O3S/c1-3-10(4-2)16(8-9-17)11-6-5-7-12(13(11)14)20(15,18)19/h5-7,10,17H,3-4,8-9,14H2,1-2H3,(H2,15,18,19). The first-order valence-electron chi connectivity index (χ1n) is 6.65. The fraction of sp³-hybridized carbons (Fsp3) is 0.538. The number of hydrogen-bond donors (Lipinski definition) is 3. The van der Waals surface area contributed by atoms with Crippen LogP contribution in [-0.2, 0) is 10.0 Å². The number of aliphatic hydroxyl groups excluding tert-OH is 1. The van der Waals surface area contributed by atoms with Crippen LogP contribution in [0.4, 0.5) is 11.4 Å². The van der Waals surface area contributed by atoms with Gasteiger partial charge in [0, 0.05) is 12.6 Å². The lowest BCUT2D eigenvalue weighted by Crippen LogP contribution is -2.37. The molecule has 0 amide bonds. The monoisotopic (exact) mass is 301 g/mol. The molecule has 1 aromatic carbocycles. The Balaban J connectivity index is 3.34. The predicted octanol–water partition coefficient (Wildman–Crippen LogP) is 0.904. The van der Waals surface area contributed by atoms with Gasteiger partial charge in [0.2, 0.25) is 10.0 Å². The lowest BCUT2D eigenvalue weighted by atomic mass is 10.1. The van der Waals surface area contributed by atoms with Gasteiger partial charge in [-0.25, -0.2) is 13.6 Å². The maximum absolute atomic E-state index is 11.5. The second-order valence-corrected chi connectivity index (χ2v) is 6.15. The Morgan fingerprint density at radius 1 is 1.30 bits per heavy atom. The molecule has 0 saturated carbocycles. The average Bonchev–Trinajstić information content (AvgIpc) is 2.38. The Labute approximate surface area is 120 Å². The summed E-state index contributed by atoms with van der Waals surface area (Å²) in [6.45, 7) is 4.44. The second-order valence-electron chi connectivity index (χ2n) is 4.62. The van der Waals surface area contributed by atoms with Crippen molar-refractivity contribution in [2.75, 3.05) is 23.8 Å². The number of nitrogens with two attached hydrogens (primary N) is 2. The van der Waals surface area contributed by atoms with Gasteiger partial charge in [0.05, 0.1) is 18.0 Å². The van der Waals surface area contributed by atoms with E-state index in [0.29, 0.717) is 12.2 Å². The van der Waals surface area contributed by atoms with Crippen molar-refractivity contribution < 1.29 is 13.5 Å². The zero-order chi connectivity index (χ0) is 15.3. The van der Waals surface area contributed by atoms with Crippen molar-refractivity contribution in [3.8, 4) is 0 Å². The van der Waals surface area contributed by atoms with E-state index in [0.717, 1.165) is 12.8 Å². The summed E-state index contributed by atoms with van der Waals surface area (Å²) in [4.78, 5) is 1.85. The summed E-state index contributed by atoms with van der Waals surface area (Å²) in [6.07, 6.45) is 1.74. The zero-order valence-corrected chi connectivity index (χ0v) is 12.7. The molecule has 0 fully saturated rings. The van der Waals surface area contributed by atoms with Crippen LogP contribution in [0, 0.1) is 0 Å². The number of nitrogens with zero attached hydrogens (tertiary/aromatic N) is 1.